The van der Waals surface area contributed by atoms with Gasteiger partial charge in [-0.15, -0.1) is 5.92 Å². The number of urea groups is 1. The molecule has 3 rings (SSSR count). The number of rotatable bonds is 4. The molecule has 0 bridgehead atoms. The number of hydrogen-bond acceptors (Lipinski definition) is 3. The molecule has 0 aromatic heterocycles. The van der Waals surface area contributed by atoms with E-state index in [-0.39, 0.29) is 23.0 Å². The summed E-state index contributed by atoms with van der Waals surface area (Å²) in [6.07, 6.45) is 4.28. The number of ketones is 2. The Morgan fingerprint density at radius 3 is 2.23 bits per heavy atom. The summed E-state index contributed by atoms with van der Waals surface area (Å²) < 4.78 is 0. The van der Waals surface area contributed by atoms with Crippen LogP contribution in [0.25, 0.3) is 0 Å². The van der Waals surface area contributed by atoms with Crippen molar-refractivity contribution < 1.29 is 14.4 Å². The van der Waals surface area contributed by atoms with Crippen molar-refractivity contribution in [2.75, 3.05) is 19.6 Å². The highest BCUT2D eigenvalue weighted by atomic mass is 16.2. The number of likely N-dealkylation sites (tertiary alicyclic amines) is 1. The highest BCUT2D eigenvalue weighted by Crippen LogP contribution is 2.46. The van der Waals surface area contributed by atoms with E-state index in [1.165, 1.54) is 0 Å². The molecule has 0 unspecified atom stereocenters. The third-order valence-electron chi connectivity index (χ3n) is 6.81. The number of nitrogens with one attached hydrogen (secondary N) is 1. The molecule has 166 valence electrons. The van der Waals surface area contributed by atoms with E-state index in [1.807, 2.05) is 30.9 Å². The van der Waals surface area contributed by atoms with E-state index < -0.39 is 5.92 Å². The summed E-state index contributed by atoms with van der Waals surface area (Å²) in [6.45, 7) is 9.71. The van der Waals surface area contributed by atoms with Gasteiger partial charge in [-0.25, -0.2) is 4.79 Å². The van der Waals surface area contributed by atoms with Gasteiger partial charge in [0.1, 0.15) is 17.5 Å². The molecule has 1 N–H and O–H groups in total. The van der Waals surface area contributed by atoms with Crippen molar-refractivity contribution in [1.82, 2.24) is 10.2 Å². The van der Waals surface area contributed by atoms with Crippen LogP contribution in [-0.2, 0) is 9.59 Å². The lowest BCUT2D eigenvalue weighted by molar-refractivity contribution is -0.138. The summed E-state index contributed by atoms with van der Waals surface area (Å²) in [6, 6.07) is 3.91. The minimum atomic E-state index is -0.662. The molecule has 1 spiro atoms. The van der Waals surface area contributed by atoms with Crippen molar-refractivity contribution >= 4 is 17.6 Å². The minimum absolute atomic E-state index is 0.0256. The second-order valence-electron chi connectivity index (χ2n) is 9.19. The van der Waals surface area contributed by atoms with Gasteiger partial charge in [-0.3, -0.25) is 9.59 Å². The van der Waals surface area contributed by atoms with Gasteiger partial charge in [0.2, 0.25) is 0 Å². The smallest absolute Gasteiger partial charge is 0.317 e. The van der Waals surface area contributed by atoms with E-state index in [1.54, 1.807) is 6.92 Å². The Morgan fingerprint density at radius 2 is 1.71 bits per heavy atom. The summed E-state index contributed by atoms with van der Waals surface area (Å²) >= 11 is 0. The first kappa shape index (κ1) is 23.1. The van der Waals surface area contributed by atoms with Crippen molar-refractivity contribution in [2.24, 2.45) is 5.41 Å². The monoisotopic (exact) mass is 422 g/mol. The highest BCUT2D eigenvalue weighted by molar-refractivity contribution is 6.10. The summed E-state index contributed by atoms with van der Waals surface area (Å²) in [4.78, 5) is 40.6. The number of amides is 2. The van der Waals surface area contributed by atoms with Gasteiger partial charge < -0.3 is 10.2 Å². The second-order valence-corrected chi connectivity index (χ2v) is 9.19. The molecule has 31 heavy (non-hydrogen) atoms. The van der Waals surface area contributed by atoms with E-state index in [0.717, 1.165) is 35.1 Å². The first-order chi connectivity index (χ1) is 14.8. The van der Waals surface area contributed by atoms with Gasteiger partial charge in [0, 0.05) is 38.0 Å². The average molecular weight is 423 g/mol. The van der Waals surface area contributed by atoms with Crippen molar-refractivity contribution in [3.63, 3.8) is 0 Å². The fraction of sp³-hybridized carbons (Fsp3) is 0.577. The van der Waals surface area contributed by atoms with Crippen molar-refractivity contribution in [2.45, 2.75) is 72.1 Å². The number of unbranched alkanes of at least 4 members (excludes halogenated alkanes) is 1. The summed E-state index contributed by atoms with van der Waals surface area (Å²) in [5.41, 5.74) is 3.40. The molecule has 0 radical (unpaired) electrons. The molecule has 5 nitrogen and oxygen atoms in total. The Balaban J connectivity index is 1.70. The van der Waals surface area contributed by atoms with Gasteiger partial charge >= 0.3 is 6.03 Å². The van der Waals surface area contributed by atoms with Crippen molar-refractivity contribution in [1.29, 1.82) is 0 Å². The predicted molar refractivity (Wildman–Crippen MR) is 122 cm³/mol. The zero-order chi connectivity index (χ0) is 22.6. The number of Topliss-reactive ketones (excluding diaryl/α,β-unsaturated/α-hetero) is 2. The van der Waals surface area contributed by atoms with E-state index in [4.69, 9.17) is 0 Å². The molecule has 0 atom stereocenters. The Morgan fingerprint density at radius 1 is 1.13 bits per heavy atom. The molecule has 2 amide bonds. The molecular formula is C26H34N2O3. The number of nitrogens with zero attached hydrogens (tertiary/aromatic N) is 1. The summed E-state index contributed by atoms with van der Waals surface area (Å²) in [5, 5.41) is 2.96. The third kappa shape index (κ3) is 5.01. The minimum Gasteiger partial charge on any atom is -0.338 e. The molecular weight excluding hydrogens is 388 g/mol. The second kappa shape index (κ2) is 9.68. The van der Waals surface area contributed by atoms with Crippen LogP contribution in [0.2, 0.25) is 0 Å². The molecule has 2 aliphatic rings. The summed E-state index contributed by atoms with van der Waals surface area (Å²) in [7, 11) is 0. The fourth-order valence-electron chi connectivity index (χ4n) is 5.18. The van der Waals surface area contributed by atoms with Crippen molar-refractivity contribution in [3.05, 3.63) is 34.4 Å². The van der Waals surface area contributed by atoms with Crippen LogP contribution in [0, 0.1) is 31.1 Å². The Kier molecular flexibility index (Phi) is 7.20. The maximum atomic E-state index is 13.2. The van der Waals surface area contributed by atoms with E-state index in [0.29, 0.717) is 45.3 Å². The van der Waals surface area contributed by atoms with E-state index >= 15 is 0 Å². The topological polar surface area (TPSA) is 66.5 Å². The number of piperidine rings is 1. The van der Waals surface area contributed by atoms with Gasteiger partial charge in [-0.2, -0.15) is 0 Å². The Bertz CT molecular complexity index is 887. The molecule has 1 aromatic carbocycles. The number of benzene rings is 1. The van der Waals surface area contributed by atoms with Crippen LogP contribution in [0.5, 0.6) is 0 Å². The van der Waals surface area contributed by atoms with Gasteiger partial charge in [-0.05, 0) is 74.3 Å². The Hall–Kier alpha value is -2.61. The van der Waals surface area contributed by atoms with Gasteiger partial charge in [-0.1, -0.05) is 19.3 Å². The molecule has 5 heteroatoms. The van der Waals surface area contributed by atoms with Crippen LogP contribution < -0.4 is 5.32 Å². The molecule has 1 aliphatic heterocycles. The third-order valence-corrected chi connectivity index (χ3v) is 6.81. The molecule has 1 saturated carbocycles. The van der Waals surface area contributed by atoms with Crippen LogP contribution in [-0.4, -0.2) is 42.1 Å². The zero-order valence-corrected chi connectivity index (χ0v) is 19.3. The lowest BCUT2D eigenvalue weighted by atomic mass is 9.62. The number of aryl methyl sites for hydroxylation is 2. The normalized spacial score (nSPS) is 18.6. The van der Waals surface area contributed by atoms with Crippen LogP contribution in [0.3, 0.4) is 0 Å². The first-order valence-electron chi connectivity index (χ1n) is 11.4. The van der Waals surface area contributed by atoms with Crippen molar-refractivity contribution in [3.8, 4) is 11.8 Å². The number of carbonyl (C=O) groups is 3. The molecule has 1 saturated heterocycles. The number of hydrogen-bond donors (Lipinski definition) is 1. The molecule has 1 heterocycles. The molecule has 2 fully saturated rings. The quantitative estimate of drug-likeness (QED) is 0.447. The number of carbonyl (C=O) groups excluding carboxylic acids is 3. The maximum absolute atomic E-state index is 13.2. The zero-order valence-electron chi connectivity index (χ0n) is 19.3. The van der Waals surface area contributed by atoms with Crippen LogP contribution in [0.1, 0.15) is 80.5 Å². The predicted octanol–water partition coefficient (Wildman–Crippen LogP) is 4.28. The van der Waals surface area contributed by atoms with Crippen LogP contribution >= 0.6 is 0 Å². The van der Waals surface area contributed by atoms with Gasteiger partial charge in [0.25, 0.3) is 0 Å². The SMILES string of the molecule is CC#Cc1cc(C)c(C2C(=O)CC3(CCN(C(=O)NCCCC)CC3)CC2=O)c(C)c1. The molecule has 1 aromatic rings. The standard InChI is InChI=1S/C26H34N2O3/c1-5-7-11-27-25(31)28-12-9-26(10-13-28)16-21(29)24(22(30)17-26)23-18(3)14-20(8-6-2)15-19(23)4/h14-15,24H,5,7,9-13,16-17H2,1-4H3,(H,27,31). The summed E-state index contributed by atoms with van der Waals surface area (Å²) in [5.74, 6) is 5.35. The fourth-order valence-corrected chi connectivity index (χ4v) is 5.18. The van der Waals surface area contributed by atoms with Gasteiger partial charge in [0.15, 0.2) is 0 Å². The first-order valence-corrected chi connectivity index (χ1v) is 11.4. The highest BCUT2D eigenvalue weighted by Gasteiger charge is 2.47. The van der Waals surface area contributed by atoms with Crippen LogP contribution in [0.15, 0.2) is 12.1 Å². The van der Waals surface area contributed by atoms with E-state index in [2.05, 4.69) is 24.1 Å². The van der Waals surface area contributed by atoms with Crippen LogP contribution in [0.4, 0.5) is 4.79 Å². The maximum Gasteiger partial charge on any atom is 0.317 e. The Labute approximate surface area is 186 Å². The lowest BCUT2D eigenvalue weighted by Gasteiger charge is -2.44. The lowest BCUT2D eigenvalue weighted by Crippen LogP contribution is -2.50. The van der Waals surface area contributed by atoms with E-state index in [9.17, 15) is 14.4 Å². The van der Waals surface area contributed by atoms with Gasteiger partial charge in [0.05, 0.1) is 0 Å². The molecule has 1 aliphatic carbocycles. The largest absolute Gasteiger partial charge is 0.338 e. The average Bonchev–Trinajstić information content (AvgIpc) is 2.70.